The molecule has 3 fully saturated rings. The van der Waals surface area contributed by atoms with Crippen LogP contribution < -0.4 is 24.8 Å². The Kier molecular flexibility index (Phi) is 9.17. The molecule has 1 saturated heterocycles. The minimum atomic E-state index is -1.26. The molecule has 8 rings (SSSR count). The lowest BCUT2D eigenvalue weighted by atomic mass is 9.84. The highest BCUT2D eigenvalue weighted by molar-refractivity contribution is 5.97. The Hall–Kier alpha value is -4.59. The number of amides is 3. The first-order valence-electron chi connectivity index (χ1n) is 19.4. The molecular weight excluding hydrogens is 696 g/mol. The Labute approximate surface area is 314 Å². The second kappa shape index (κ2) is 13.6. The summed E-state index contributed by atoms with van der Waals surface area (Å²) in [6.07, 6.45) is 7.95. The molecule has 4 aliphatic heterocycles. The third kappa shape index (κ3) is 6.70. The highest BCUT2D eigenvalue weighted by Crippen LogP contribution is 2.56. The fourth-order valence-corrected chi connectivity index (χ4v) is 8.62. The van der Waals surface area contributed by atoms with Crippen LogP contribution >= 0.6 is 0 Å². The van der Waals surface area contributed by atoms with Crippen LogP contribution in [-0.2, 0) is 23.9 Å². The van der Waals surface area contributed by atoms with Crippen molar-refractivity contribution in [2.75, 3.05) is 19.9 Å². The number of carbonyl (C=O) groups excluding carboxylic acids is 4. The molecular formula is C40H50N4O10. The van der Waals surface area contributed by atoms with Crippen molar-refractivity contribution in [2.45, 2.75) is 133 Å². The first kappa shape index (κ1) is 36.4. The lowest BCUT2D eigenvalue weighted by Crippen LogP contribution is -2.57. The van der Waals surface area contributed by atoms with Crippen LogP contribution in [0.5, 0.6) is 17.2 Å². The molecule has 5 heterocycles. The number of benzene rings is 1. The normalized spacial score (nSPS) is 31.2. The first-order chi connectivity index (χ1) is 25.8. The summed E-state index contributed by atoms with van der Waals surface area (Å²) in [5.74, 6) is -0.118. The maximum Gasteiger partial charge on any atom is 0.408 e. The third-order valence-electron chi connectivity index (χ3n) is 11.4. The Balaban J connectivity index is 1.18. The number of pyridine rings is 1. The van der Waals surface area contributed by atoms with Gasteiger partial charge in [-0.25, -0.2) is 14.6 Å². The number of carbonyl (C=O) groups is 4. The van der Waals surface area contributed by atoms with E-state index in [2.05, 4.69) is 10.6 Å². The zero-order chi connectivity index (χ0) is 38.0. The third-order valence-corrected chi connectivity index (χ3v) is 11.4. The van der Waals surface area contributed by atoms with Crippen LogP contribution in [0.2, 0.25) is 0 Å². The van der Waals surface area contributed by atoms with Crippen LogP contribution in [0.1, 0.15) is 115 Å². The maximum atomic E-state index is 14.8. The molecule has 14 heteroatoms. The number of aliphatic hydroxyl groups is 1. The number of nitrogens with one attached hydrogen (secondary N) is 2. The van der Waals surface area contributed by atoms with E-state index in [-0.39, 0.29) is 44.6 Å². The van der Waals surface area contributed by atoms with Gasteiger partial charge in [-0.05, 0) is 78.4 Å². The van der Waals surface area contributed by atoms with Gasteiger partial charge < -0.3 is 44.3 Å². The van der Waals surface area contributed by atoms with Crippen molar-refractivity contribution in [3.63, 3.8) is 0 Å². The number of ether oxygens (including phenoxy) is 5. The molecule has 2 aromatic rings. The van der Waals surface area contributed by atoms with Crippen molar-refractivity contribution in [1.82, 2.24) is 20.5 Å². The molecule has 1 aromatic carbocycles. The van der Waals surface area contributed by atoms with Gasteiger partial charge in [-0.3, -0.25) is 9.59 Å². The lowest BCUT2D eigenvalue weighted by Gasteiger charge is -2.39. The van der Waals surface area contributed by atoms with Crippen LogP contribution in [0.15, 0.2) is 24.3 Å². The molecule has 1 spiro atoms. The van der Waals surface area contributed by atoms with Crippen molar-refractivity contribution in [3.8, 4) is 17.2 Å². The molecule has 3 N–H and O–H groups in total. The van der Waals surface area contributed by atoms with Crippen molar-refractivity contribution in [3.05, 3.63) is 35.5 Å². The molecule has 290 valence electrons. The maximum absolute atomic E-state index is 14.8. The number of aliphatic hydroxyl groups excluding tert-OH is 1. The van der Waals surface area contributed by atoms with Gasteiger partial charge in [0.15, 0.2) is 11.5 Å². The number of aromatic nitrogens is 1. The summed E-state index contributed by atoms with van der Waals surface area (Å²) < 4.78 is 29.6. The van der Waals surface area contributed by atoms with E-state index in [1.165, 1.54) is 4.90 Å². The highest BCUT2D eigenvalue weighted by Gasteiger charge is 2.63. The fraction of sp³-hybridized carbons (Fsp3) is 0.625. The van der Waals surface area contributed by atoms with E-state index in [1.54, 1.807) is 27.7 Å². The summed E-state index contributed by atoms with van der Waals surface area (Å²) in [6, 6.07) is 1.59. The van der Waals surface area contributed by atoms with Crippen molar-refractivity contribution < 1.29 is 48.0 Å². The van der Waals surface area contributed by atoms with Crippen molar-refractivity contribution in [1.29, 1.82) is 0 Å². The van der Waals surface area contributed by atoms with E-state index in [4.69, 9.17) is 28.7 Å². The SMILES string of the molecule is CCOC(=O)[C@@]12C[C@H]1/C=C\CCCCC[C@H](NC(=O)OC(C)(C)C)C(=O)N1C[C@@]3(CC(O)c4c(c(C5CC5)nc5ccc6c(c45)OCO6)O3)C[C@H]1C(=O)N2. The van der Waals surface area contributed by atoms with Crippen LogP contribution in [0, 0.1) is 5.92 Å². The molecule has 3 amide bonds. The van der Waals surface area contributed by atoms with Gasteiger partial charge in [0, 0.05) is 30.2 Å². The van der Waals surface area contributed by atoms with Gasteiger partial charge >= 0.3 is 12.1 Å². The van der Waals surface area contributed by atoms with E-state index >= 15 is 0 Å². The van der Waals surface area contributed by atoms with Gasteiger partial charge in [-0.15, -0.1) is 0 Å². The minimum Gasteiger partial charge on any atom is -0.483 e. The average molecular weight is 747 g/mol. The average Bonchev–Trinajstić information content (AvgIpc) is 3.99. The van der Waals surface area contributed by atoms with Crippen LogP contribution in [0.4, 0.5) is 4.79 Å². The number of alkyl carbamates (subject to hydrolysis) is 1. The number of nitrogens with zero attached hydrogens (tertiary/aromatic N) is 2. The van der Waals surface area contributed by atoms with Gasteiger partial charge in [0.05, 0.1) is 35.9 Å². The monoisotopic (exact) mass is 746 g/mol. The number of rotatable bonds is 4. The second-order valence-corrected chi connectivity index (χ2v) is 16.7. The topological polar surface area (TPSA) is 175 Å². The van der Waals surface area contributed by atoms with Crippen LogP contribution in [0.3, 0.4) is 0 Å². The lowest BCUT2D eigenvalue weighted by molar-refractivity contribution is -0.150. The fourth-order valence-electron chi connectivity index (χ4n) is 8.62. The van der Waals surface area contributed by atoms with E-state index in [1.807, 2.05) is 24.3 Å². The zero-order valence-electron chi connectivity index (χ0n) is 31.4. The molecule has 14 nitrogen and oxygen atoms in total. The molecule has 6 atom stereocenters. The second-order valence-electron chi connectivity index (χ2n) is 16.7. The van der Waals surface area contributed by atoms with Crippen molar-refractivity contribution >= 4 is 34.8 Å². The predicted octanol–water partition coefficient (Wildman–Crippen LogP) is 4.85. The van der Waals surface area contributed by atoms with Crippen LogP contribution in [0.25, 0.3) is 10.9 Å². The van der Waals surface area contributed by atoms with Gasteiger partial charge in [-0.1, -0.05) is 25.0 Å². The largest absolute Gasteiger partial charge is 0.483 e. The van der Waals surface area contributed by atoms with E-state index < -0.39 is 58.8 Å². The Morgan fingerprint density at radius 3 is 2.65 bits per heavy atom. The molecule has 6 aliphatic rings. The number of esters is 1. The summed E-state index contributed by atoms with van der Waals surface area (Å²) in [7, 11) is 0. The van der Waals surface area contributed by atoms with Gasteiger partial charge in [0.1, 0.15) is 34.6 Å². The molecule has 1 aromatic heterocycles. The minimum absolute atomic E-state index is 0.0360. The standard InChI is InChI=1S/C40H50N4O10/c1-5-50-36(48)40-17-23(40)11-9-7-6-8-10-12-25(42-37(49)54-38(2,3)4)35(47)44-20-39(18-26(44)34(46)43-40)19-27(45)30-29-24(15-16-28-32(29)52-21-51-28)41-31(22-13-14-22)33(30)53-39/h9,11,15-16,22-23,25-27,45H,5-8,10,12-14,17-21H2,1-4H3,(H,42,49)(H,43,46)/b11-9-/t23-,25+,26+,27?,39+,40-/m1/s1. The van der Waals surface area contributed by atoms with E-state index in [0.29, 0.717) is 53.0 Å². The zero-order valence-corrected chi connectivity index (χ0v) is 31.4. The first-order valence-corrected chi connectivity index (χ1v) is 19.4. The Morgan fingerprint density at radius 2 is 1.89 bits per heavy atom. The molecule has 54 heavy (non-hydrogen) atoms. The molecule has 2 saturated carbocycles. The Morgan fingerprint density at radius 1 is 1.07 bits per heavy atom. The summed E-state index contributed by atoms with van der Waals surface area (Å²) in [5, 5.41) is 18.6. The van der Waals surface area contributed by atoms with Crippen LogP contribution in [-0.4, -0.2) is 87.6 Å². The van der Waals surface area contributed by atoms with E-state index in [9.17, 15) is 24.3 Å². The summed E-state index contributed by atoms with van der Waals surface area (Å²) in [6.45, 7) is 7.12. The van der Waals surface area contributed by atoms with Crippen molar-refractivity contribution in [2.24, 2.45) is 5.92 Å². The van der Waals surface area contributed by atoms with Gasteiger partial charge in [0.2, 0.25) is 18.6 Å². The predicted molar refractivity (Wildman–Crippen MR) is 194 cm³/mol. The molecule has 1 unspecified atom stereocenters. The van der Waals surface area contributed by atoms with E-state index in [0.717, 1.165) is 37.8 Å². The number of hydrogen-bond donors (Lipinski definition) is 3. The molecule has 0 bridgehead atoms. The number of fused-ring (bicyclic) bond motifs is 7. The highest BCUT2D eigenvalue weighted by atomic mass is 16.7. The Bertz CT molecular complexity index is 1900. The van der Waals surface area contributed by atoms with Gasteiger partial charge in [0.25, 0.3) is 0 Å². The number of hydrogen-bond acceptors (Lipinski definition) is 11. The summed E-state index contributed by atoms with van der Waals surface area (Å²) in [5.41, 5.74) is -1.29. The molecule has 0 radical (unpaired) electrons. The quantitative estimate of drug-likeness (QED) is 0.288. The van der Waals surface area contributed by atoms with Gasteiger partial charge in [-0.2, -0.15) is 0 Å². The smallest absolute Gasteiger partial charge is 0.408 e. The molecule has 2 aliphatic carbocycles. The summed E-state index contributed by atoms with van der Waals surface area (Å²) >= 11 is 0. The summed E-state index contributed by atoms with van der Waals surface area (Å²) in [4.78, 5) is 62.4. The number of allylic oxidation sites excluding steroid dienone is 1.